The summed E-state index contributed by atoms with van der Waals surface area (Å²) in [6.45, 7) is 9.36. The lowest BCUT2D eigenvalue weighted by molar-refractivity contribution is -0.116. The van der Waals surface area contributed by atoms with E-state index >= 15 is 0 Å². The van der Waals surface area contributed by atoms with Gasteiger partial charge in [0.15, 0.2) is 0 Å². The average molecular weight is 329 g/mol. The third-order valence-electron chi connectivity index (χ3n) is 4.02. The first kappa shape index (κ1) is 18.0. The molecule has 0 fully saturated rings. The van der Waals surface area contributed by atoms with Crippen molar-refractivity contribution in [3.63, 3.8) is 0 Å². The van der Waals surface area contributed by atoms with Crippen molar-refractivity contribution in [2.24, 2.45) is 5.92 Å². The second kappa shape index (κ2) is 7.99. The molecule has 0 bridgehead atoms. The van der Waals surface area contributed by atoms with Crippen LogP contribution in [0.5, 0.6) is 5.75 Å². The van der Waals surface area contributed by atoms with Gasteiger partial charge in [-0.25, -0.2) is 0 Å². The first-order chi connectivity index (χ1) is 11.4. The van der Waals surface area contributed by atoms with Crippen LogP contribution >= 0.6 is 0 Å². The van der Waals surface area contributed by atoms with Gasteiger partial charge in [0.25, 0.3) is 0 Å². The van der Waals surface area contributed by atoms with E-state index in [1.807, 2.05) is 31.2 Å². The Morgan fingerprint density at radius 2 is 2.08 bits per heavy atom. The first-order valence-electron chi connectivity index (χ1n) is 8.37. The Labute approximate surface area is 144 Å². The Bertz CT molecular complexity index is 705. The smallest absolute Gasteiger partial charge is 0.224 e. The standard InChI is InChI=1S/C19H27N3O2/c1-13(2)12-22-15(4)18(14(3)21-22)9-10-19(23)20-16-7-6-8-17(11-16)24-5/h6-8,11,13H,9-10,12H2,1-5H3,(H,20,23). The van der Waals surface area contributed by atoms with Crippen molar-refractivity contribution in [1.29, 1.82) is 0 Å². The molecule has 0 saturated heterocycles. The van der Waals surface area contributed by atoms with Crippen LogP contribution in [0.25, 0.3) is 0 Å². The summed E-state index contributed by atoms with van der Waals surface area (Å²) in [7, 11) is 1.61. The molecule has 1 aromatic carbocycles. The van der Waals surface area contributed by atoms with Crippen molar-refractivity contribution >= 4 is 11.6 Å². The van der Waals surface area contributed by atoms with Crippen molar-refractivity contribution in [1.82, 2.24) is 9.78 Å². The van der Waals surface area contributed by atoms with Gasteiger partial charge in [0.2, 0.25) is 5.91 Å². The van der Waals surface area contributed by atoms with Gasteiger partial charge in [0.1, 0.15) is 5.75 Å². The zero-order valence-electron chi connectivity index (χ0n) is 15.2. The second-order valence-electron chi connectivity index (χ2n) is 6.51. The summed E-state index contributed by atoms with van der Waals surface area (Å²) < 4.78 is 7.22. The molecule has 0 aliphatic heterocycles. The van der Waals surface area contributed by atoms with Crippen LogP contribution in [0.3, 0.4) is 0 Å². The summed E-state index contributed by atoms with van der Waals surface area (Å²) in [4.78, 5) is 12.2. The van der Waals surface area contributed by atoms with E-state index in [9.17, 15) is 4.79 Å². The summed E-state index contributed by atoms with van der Waals surface area (Å²) in [5.74, 6) is 1.28. The van der Waals surface area contributed by atoms with Gasteiger partial charge in [0.05, 0.1) is 12.8 Å². The van der Waals surface area contributed by atoms with Gasteiger partial charge in [-0.2, -0.15) is 5.10 Å². The Morgan fingerprint density at radius 1 is 1.33 bits per heavy atom. The molecular formula is C19H27N3O2. The van der Waals surface area contributed by atoms with E-state index < -0.39 is 0 Å². The molecule has 1 aromatic heterocycles. The van der Waals surface area contributed by atoms with E-state index in [1.165, 1.54) is 5.56 Å². The molecule has 0 aliphatic rings. The summed E-state index contributed by atoms with van der Waals surface area (Å²) in [6, 6.07) is 7.39. The van der Waals surface area contributed by atoms with E-state index in [1.54, 1.807) is 7.11 Å². The molecule has 2 aromatic rings. The third kappa shape index (κ3) is 4.60. The normalized spacial score (nSPS) is 10.9. The fraction of sp³-hybridized carbons (Fsp3) is 0.474. The number of anilines is 1. The van der Waals surface area contributed by atoms with Gasteiger partial charge in [-0.3, -0.25) is 9.48 Å². The van der Waals surface area contributed by atoms with Crippen molar-refractivity contribution in [3.05, 3.63) is 41.2 Å². The van der Waals surface area contributed by atoms with E-state index in [0.717, 1.165) is 29.4 Å². The largest absolute Gasteiger partial charge is 0.497 e. The number of amides is 1. The number of methoxy groups -OCH3 is 1. The predicted molar refractivity (Wildman–Crippen MR) is 96.5 cm³/mol. The number of aromatic nitrogens is 2. The molecule has 0 aliphatic carbocycles. The third-order valence-corrected chi connectivity index (χ3v) is 4.02. The lowest BCUT2D eigenvalue weighted by Gasteiger charge is -2.09. The zero-order valence-corrected chi connectivity index (χ0v) is 15.2. The van der Waals surface area contributed by atoms with Crippen LogP contribution < -0.4 is 10.1 Å². The molecule has 0 saturated carbocycles. The minimum absolute atomic E-state index is 0.00124. The topological polar surface area (TPSA) is 56.1 Å². The quantitative estimate of drug-likeness (QED) is 0.842. The molecule has 2 rings (SSSR count). The minimum atomic E-state index is -0.00124. The highest BCUT2D eigenvalue weighted by molar-refractivity contribution is 5.91. The molecule has 5 nitrogen and oxygen atoms in total. The van der Waals surface area contributed by atoms with E-state index in [4.69, 9.17) is 4.74 Å². The molecular weight excluding hydrogens is 302 g/mol. The van der Waals surface area contributed by atoms with Crippen LogP contribution in [-0.4, -0.2) is 22.8 Å². The Kier molecular flexibility index (Phi) is 6.01. The Hall–Kier alpha value is -2.30. The fourth-order valence-electron chi connectivity index (χ4n) is 2.78. The van der Waals surface area contributed by atoms with Crippen molar-refractivity contribution < 1.29 is 9.53 Å². The summed E-state index contributed by atoms with van der Waals surface area (Å²) in [5.41, 5.74) is 4.11. The van der Waals surface area contributed by atoms with Crippen LogP contribution in [0.2, 0.25) is 0 Å². The maximum Gasteiger partial charge on any atom is 0.224 e. The van der Waals surface area contributed by atoms with Gasteiger partial charge in [0, 0.05) is 30.4 Å². The lowest BCUT2D eigenvalue weighted by atomic mass is 10.1. The average Bonchev–Trinajstić information content (AvgIpc) is 2.79. The molecule has 1 heterocycles. The highest BCUT2D eigenvalue weighted by Gasteiger charge is 2.14. The lowest BCUT2D eigenvalue weighted by Crippen LogP contribution is -2.13. The van der Waals surface area contributed by atoms with Crippen molar-refractivity contribution in [2.45, 2.75) is 47.1 Å². The van der Waals surface area contributed by atoms with Crippen LogP contribution in [0.15, 0.2) is 24.3 Å². The number of ether oxygens (including phenoxy) is 1. The van der Waals surface area contributed by atoms with Crippen molar-refractivity contribution in [2.75, 3.05) is 12.4 Å². The van der Waals surface area contributed by atoms with Crippen LogP contribution in [0, 0.1) is 19.8 Å². The number of benzene rings is 1. The molecule has 1 N–H and O–H groups in total. The Morgan fingerprint density at radius 3 is 2.75 bits per heavy atom. The maximum absolute atomic E-state index is 12.2. The molecule has 0 atom stereocenters. The molecule has 1 amide bonds. The summed E-state index contributed by atoms with van der Waals surface area (Å²) in [6.07, 6.45) is 1.14. The molecule has 130 valence electrons. The van der Waals surface area contributed by atoms with Crippen LogP contribution in [-0.2, 0) is 17.8 Å². The number of carbonyl (C=O) groups is 1. The fourth-order valence-corrected chi connectivity index (χ4v) is 2.78. The Balaban J connectivity index is 1.97. The summed E-state index contributed by atoms with van der Waals surface area (Å²) >= 11 is 0. The molecule has 0 spiro atoms. The zero-order chi connectivity index (χ0) is 17.7. The molecule has 0 radical (unpaired) electrons. The van der Waals surface area contributed by atoms with Gasteiger partial charge in [-0.05, 0) is 43.9 Å². The highest BCUT2D eigenvalue weighted by Crippen LogP contribution is 2.19. The molecule has 24 heavy (non-hydrogen) atoms. The van der Waals surface area contributed by atoms with E-state index in [2.05, 4.69) is 35.9 Å². The van der Waals surface area contributed by atoms with Gasteiger partial charge >= 0.3 is 0 Å². The number of rotatable bonds is 7. The van der Waals surface area contributed by atoms with Gasteiger partial charge < -0.3 is 10.1 Å². The van der Waals surface area contributed by atoms with Crippen LogP contribution in [0.1, 0.15) is 37.2 Å². The SMILES string of the molecule is COc1cccc(NC(=O)CCc2c(C)nn(CC(C)C)c2C)c1. The van der Waals surface area contributed by atoms with Gasteiger partial charge in [-0.1, -0.05) is 19.9 Å². The number of hydrogen-bond donors (Lipinski definition) is 1. The maximum atomic E-state index is 12.2. The van der Waals surface area contributed by atoms with E-state index in [-0.39, 0.29) is 5.91 Å². The predicted octanol–water partition coefficient (Wildman–Crippen LogP) is 3.74. The minimum Gasteiger partial charge on any atom is -0.497 e. The van der Waals surface area contributed by atoms with E-state index in [0.29, 0.717) is 18.8 Å². The van der Waals surface area contributed by atoms with Gasteiger partial charge in [-0.15, -0.1) is 0 Å². The second-order valence-corrected chi connectivity index (χ2v) is 6.51. The molecule has 5 heteroatoms. The number of hydrogen-bond acceptors (Lipinski definition) is 3. The number of carbonyl (C=O) groups excluding carboxylic acids is 1. The highest BCUT2D eigenvalue weighted by atomic mass is 16.5. The van der Waals surface area contributed by atoms with Crippen LogP contribution in [0.4, 0.5) is 5.69 Å². The molecule has 0 unspecified atom stereocenters. The van der Waals surface area contributed by atoms with Crippen molar-refractivity contribution in [3.8, 4) is 5.75 Å². The number of nitrogens with zero attached hydrogens (tertiary/aromatic N) is 2. The number of nitrogens with one attached hydrogen (secondary N) is 1. The first-order valence-corrected chi connectivity index (χ1v) is 8.37. The monoisotopic (exact) mass is 329 g/mol. The summed E-state index contributed by atoms with van der Waals surface area (Å²) in [5, 5.41) is 7.52. The number of aryl methyl sites for hydroxylation is 1.